The van der Waals surface area contributed by atoms with E-state index in [2.05, 4.69) is 9.64 Å². The van der Waals surface area contributed by atoms with Crippen LogP contribution >= 0.6 is 0 Å². The lowest BCUT2D eigenvalue weighted by Crippen LogP contribution is -2.20. The van der Waals surface area contributed by atoms with Crippen LogP contribution in [-0.4, -0.2) is 22.4 Å². The molecule has 0 bridgehead atoms. The third-order valence-electron chi connectivity index (χ3n) is 1.91. The number of pyridine rings is 1. The van der Waals surface area contributed by atoms with Crippen molar-refractivity contribution in [2.45, 2.75) is 0 Å². The van der Waals surface area contributed by atoms with Crippen LogP contribution in [0.5, 0.6) is 17.2 Å². The Bertz CT molecular complexity index is 478. The third-order valence-corrected chi connectivity index (χ3v) is 1.91. The Hall–Kier alpha value is -2.05. The summed E-state index contributed by atoms with van der Waals surface area (Å²) in [5, 5.41) is 17.3. The quantitative estimate of drug-likeness (QED) is 0.774. The zero-order chi connectivity index (χ0) is 12.1. The molecular weight excluding hydrogens is 221 g/mol. The van der Waals surface area contributed by atoms with E-state index in [1.165, 1.54) is 18.5 Å². The van der Waals surface area contributed by atoms with Crippen LogP contribution in [0.1, 0.15) is 0 Å². The van der Waals surface area contributed by atoms with Gasteiger partial charge in [-0.05, 0) is 12.1 Å². The summed E-state index contributed by atoms with van der Waals surface area (Å²) in [5.41, 5.74) is 0. The van der Waals surface area contributed by atoms with Gasteiger partial charge in [0.1, 0.15) is 17.2 Å². The number of hydrogen-bond donors (Lipinski definition) is 2. The summed E-state index contributed by atoms with van der Waals surface area (Å²) >= 11 is 0. The number of ether oxygens (including phenoxy) is 1. The molecule has 0 radical (unpaired) electrons. The van der Waals surface area contributed by atoms with Gasteiger partial charge < -0.3 is 19.4 Å². The molecule has 86 valence electrons. The first-order chi connectivity index (χ1) is 8.24. The lowest BCUT2D eigenvalue weighted by atomic mass is 10.2. The van der Waals surface area contributed by atoms with Crippen molar-refractivity contribution >= 4 is 7.32 Å². The Kier molecular flexibility index (Phi) is 3.59. The number of aromatic nitrogens is 1. The molecule has 5 nitrogen and oxygen atoms in total. The van der Waals surface area contributed by atoms with Crippen LogP contribution in [0, 0.1) is 0 Å². The Morgan fingerprint density at radius 1 is 0.941 bits per heavy atom. The van der Waals surface area contributed by atoms with E-state index in [0.29, 0.717) is 11.5 Å². The van der Waals surface area contributed by atoms with Crippen molar-refractivity contribution in [1.82, 2.24) is 4.98 Å². The number of hydrogen-bond acceptors (Lipinski definition) is 5. The minimum Gasteiger partial charge on any atom is -0.511 e. The second-order valence-electron chi connectivity index (χ2n) is 3.22. The Morgan fingerprint density at radius 2 is 1.65 bits per heavy atom. The van der Waals surface area contributed by atoms with Crippen LogP contribution in [0.3, 0.4) is 0 Å². The molecule has 0 unspecified atom stereocenters. The Morgan fingerprint density at radius 3 is 2.35 bits per heavy atom. The second kappa shape index (κ2) is 5.33. The second-order valence-corrected chi connectivity index (χ2v) is 3.22. The van der Waals surface area contributed by atoms with Gasteiger partial charge in [-0.3, -0.25) is 4.98 Å². The molecule has 17 heavy (non-hydrogen) atoms. The van der Waals surface area contributed by atoms with Gasteiger partial charge in [0.15, 0.2) is 0 Å². The van der Waals surface area contributed by atoms with Gasteiger partial charge in [-0.15, -0.1) is 0 Å². The van der Waals surface area contributed by atoms with E-state index in [1.807, 2.05) is 18.2 Å². The molecule has 0 aliphatic rings. The summed E-state index contributed by atoms with van der Waals surface area (Å²) in [6, 6.07) is 10.7. The molecule has 1 aromatic heterocycles. The fourth-order valence-electron chi connectivity index (χ4n) is 1.27. The third kappa shape index (κ3) is 3.48. The highest BCUT2D eigenvalue weighted by Crippen LogP contribution is 2.23. The zero-order valence-corrected chi connectivity index (χ0v) is 8.85. The van der Waals surface area contributed by atoms with E-state index in [-0.39, 0.29) is 5.75 Å². The first-order valence-corrected chi connectivity index (χ1v) is 4.95. The molecule has 0 saturated heterocycles. The minimum absolute atomic E-state index is 0.216. The van der Waals surface area contributed by atoms with E-state index < -0.39 is 7.32 Å². The molecule has 0 fully saturated rings. The monoisotopic (exact) mass is 231 g/mol. The van der Waals surface area contributed by atoms with Gasteiger partial charge in [-0.2, -0.15) is 0 Å². The van der Waals surface area contributed by atoms with Crippen LogP contribution in [0.2, 0.25) is 0 Å². The van der Waals surface area contributed by atoms with E-state index in [4.69, 9.17) is 14.8 Å². The van der Waals surface area contributed by atoms with Crippen molar-refractivity contribution in [3.05, 3.63) is 48.8 Å². The van der Waals surface area contributed by atoms with Gasteiger partial charge in [0.2, 0.25) is 0 Å². The highest BCUT2D eigenvalue weighted by molar-refractivity contribution is 6.33. The molecule has 0 atom stereocenters. The maximum atomic E-state index is 8.65. The molecule has 2 N–H and O–H groups in total. The predicted octanol–water partition coefficient (Wildman–Crippen LogP) is 1.22. The zero-order valence-electron chi connectivity index (χ0n) is 8.85. The highest BCUT2D eigenvalue weighted by atomic mass is 16.6. The van der Waals surface area contributed by atoms with Crippen LogP contribution in [0.4, 0.5) is 0 Å². The van der Waals surface area contributed by atoms with Gasteiger partial charge in [0.05, 0.1) is 12.4 Å². The summed E-state index contributed by atoms with van der Waals surface area (Å²) in [6.07, 6.45) is 2.86. The molecule has 2 aromatic rings. The van der Waals surface area contributed by atoms with Crippen molar-refractivity contribution < 1.29 is 19.4 Å². The van der Waals surface area contributed by atoms with Crippen molar-refractivity contribution in [2.24, 2.45) is 0 Å². The molecule has 2 rings (SSSR count). The Labute approximate surface area is 98.5 Å². The lowest BCUT2D eigenvalue weighted by Gasteiger charge is -2.07. The fourth-order valence-corrected chi connectivity index (χ4v) is 1.27. The number of para-hydroxylation sites is 1. The molecule has 0 saturated carbocycles. The van der Waals surface area contributed by atoms with E-state index >= 15 is 0 Å². The molecular formula is C11H10BNO4. The van der Waals surface area contributed by atoms with Crippen LogP contribution in [0.15, 0.2) is 48.8 Å². The summed E-state index contributed by atoms with van der Waals surface area (Å²) in [4.78, 5) is 3.86. The molecule has 0 spiro atoms. The fraction of sp³-hybridized carbons (Fsp3) is 0. The largest absolute Gasteiger partial charge is 0.707 e. The SMILES string of the molecule is OB(O)Oc1cncc(Oc2ccccc2)c1. The lowest BCUT2D eigenvalue weighted by molar-refractivity contribution is 0.287. The van der Waals surface area contributed by atoms with Gasteiger partial charge in [0.25, 0.3) is 0 Å². The standard InChI is InChI=1S/C11H10BNO4/c14-12(15)17-11-6-10(7-13-8-11)16-9-4-2-1-3-5-9/h1-8,14-15H. The van der Waals surface area contributed by atoms with Crippen molar-refractivity contribution in [1.29, 1.82) is 0 Å². The molecule has 1 heterocycles. The van der Waals surface area contributed by atoms with Crippen molar-refractivity contribution in [2.75, 3.05) is 0 Å². The van der Waals surface area contributed by atoms with E-state index in [0.717, 1.165) is 0 Å². The Balaban J connectivity index is 2.11. The van der Waals surface area contributed by atoms with Crippen molar-refractivity contribution in [3.8, 4) is 17.2 Å². The summed E-state index contributed by atoms with van der Waals surface area (Å²) < 4.78 is 10.2. The average Bonchev–Trinajstić information content (AvgIpc) is 2.30. The van der Waals surface area contributed by atoms with Gasteiger partial charge in [-0.1, -0.05) is 18.2 Å². The molecule has 0 amide bonds. The maximum absolute atomic E-state index is 8.65. The topological polar surface area (TPSA) is 71.8 Å². The first-order valence-electron chi connectivity index (χ1n) is 4.95. The van der Waals surface area contributed by atoms with Gasteiger partial charge in [-0.25, -0.2) is 0 Å². The summed E-state index contributed by atoms with van der Waals surface area (Å²) in [7, 11) is -1.87. The first kappa shape index (κ1) is 11.4. The predicted molar refractivity (Wildman–Crippen MR) is 61.6 cm³/mol. The van der Waals surface area contributed by atoms with Crippen LogP contribution in [0.25, 0.3) is 0 Å². The summed E-state index contributed by atoms with van der Waals surface area (Å²) in [5.74, 6) is 1.33. The number of rotatable bonds is 4. The molecule has 6 heteroatoms. The minimum atomic E-state index is -1.87. The highest BCUT2D eigenvalue weighted by Gasteiger charge is 2.11. The van der Waals surface area contributed by atoms with E-state index in [9.17, 15) is 0 Å². The number of benzene rings is 1. The van der Waals surface area contributed by atoms with Crippen molar-refractivity contribution in [3.63, 3.8) is 0 Å². The normalized spacial score (nSPS) is 9.76. The number of nitrogens with zero attached hydrogens (tertiary/aromatic N) is 1. The van der Waals surface area contributed by atoms with Gasteiger partial charge >= 0.3 is 7.32 Å². The van der Waals surface area contributed by atoms with Crippen LogP contribution in [-0.2, 0) is 0 Å². The maximum Gasteiger partial charge on any atom is 0.707 e. The van der Waals surface area contributed by atoms with E-state index in [1.54, 1.807) is 12.1 Å². The summed E-state index contributed by atoms with van der Waals surface area (Å²) in [6.45, 7) is 0. The molecule has 0 aliphatic carbocycles. The van der Waals surface area contributed by atoms with Gasteiger partial charge in [0, 0.05) is 6.07 Å². The molecule has 0 aliphatic heterocycles. The average molecular weight is 231 g/mol. The van der Waals surface area contributed by atoms with Crippen LogP contribution < -0.4 is 9.39 Å². The molecule has 1 aromatic carbocycles. The smallest absolute Gasteiger partial charge is 0.511 e.